The van der Waals surface area contributed by atoms with Crippen LogP contribution in [0.15, 0.2) is 29.2 Å². The first kappa shape index (κ1) is 21.9. The highest BCUT2D eigenvalue weighted by Crippen LogP contribution is 2.44. The molecule has 2 aliphatic rings. The molecule has 8 nitrogen and oxygen atoms in total. The molecule has 1 aliphatic heterocycles. The molecule has 2 amide bonds. The van der Waals surface area contributed by atoms with Crippen molar-refractivity contribution in [3.05, 3.63) is 63.1 Å². The van der Waals surface area contributed by atoms with Gasteiger partial charge < -0.3 is 25.0 Å². The summed E-state index contributed by atoms with van der Waals surface area (Å²) in [4.78, 5) is 40.0. The Labute approximate surface area is 182 Å². The number of aliphatic hydroxyl groups excluding tert-OH is 1. The molecule has 10 heteroatoms. The zero-order valence-corrected chi connectivity index (χ0v) is 17.6. The van der Waals surface area contributed by atoms with Crippen LogP contribution in [0.5, 0.6) is 5.75 Å². The molecule has 4 rings (SSSR count). The molecule has 0 unspecified atom stereocenters. The fraction of sp³-hybridized carbons (Fsp3) is 0.409. The number of aromatic hydroxyl groups is 1. The fourth-order valence-electron chi connectivity index (χ4n) is 4.74. The number of carbonyl (C=O) groups excluding carboxylic acids is 2. The van der Waals surface area contributed by atoms with E-state index in [0.717, 1.165) is 6.07 Å². The zero-order chi connectivity index (χ0) is 23.4. The zero-order valence-electron chi connectivity index (χ0n) is 17.6. The molecule has 2 aromatic rings. The summed E-state index contributed by atoms with van der Waals surface area (Å²) in [5, 5.41) is 22.8. The van der Waals surface area contributed by atoms with Gasteiger partial charge in [0.15, 0.2) is 11.4 Å². The van der Waals surface area contributed by atoms with Gasteiger partial charge in [-0.05, 0) is 32.8 Å². The number of amides is 2. The number of carbonyl (C=O) groups is 2. The normalized spacial score (nSPS) is 22.1. The maximum Gasteiger partial charge on any atom is 0.275 e. The molecule has 3 N–H and O–H groups in total. The van der Waals surface area contributed by atoms with Crippen molar-refractivity contribution in [2.45, 2.75) is 57.5 Å². The van der Waals surface area contributed by atoms with Crippen molar-refractivity contribution in [2.24, 2.45) is 0 Å². The molecule has 1 fully saturated rings. The number of hydrogen-bond acceptors (Lipinski definition) is 5. The summed E-state index contributed by atoms with van der Waals surface area (Å²) in [7, 11) is 0. The molecule has 1 spiro atoms. The van der Waals surface area contributed by atoms with E-state index >= 15 is 0 Å². The van der Waals surface area contributed by atoms with E-state index in [0.29, 0.717) is 18.9 Å². The van der Waals surface area contributed by atoms with Crippen molar-refractivity contribution >= 4 is 11.8 Å². The number of nitrogens with one attached hydrogen (secondary N) is 1. The first-order valence-electron chi connectivity index (χ1n) is 10.2. The van der Waals surface area contributed by atoms with Gasteiger partial charge in [0.2, 0.25) is 5.43 Å². The molecule has 0 atom stereocenters. The third-order valence-electron chi connectivity index (χ3n) is 6.10. The molecule has 1 saturated carbocycles. The van der Waals surface area contributed by atoms with Gasteiger partial charge in [-0.2, -0.15) is 0 Å². The third-order valence-corrected chi connectivity index (χ3v) is 6.10. The second kappa shape index (κ2) is 7.70. The molecule has 1 aliphatic carbocycles. The standard InChI is InChI=1S/C22H23F2N3O5/c1-11(2)27-21(32)17-19(30)18(29)15(9-26(17)10-22(27)6-14(28)7-22)20(31)25-8-12-3-4-13(23)5-16(12)24/h3-5,9,11,14,28,30H,6-8,10H2,1-2H3,(H,25,31)/t14-,22-. The highest BCUT2D eigenvalue weighted by molar-refractivity contribution is 5.99. The van der Waals surface area contributed by atoms with Gasteiger partial charge in [0.05, 0.1) is 11.6 Å². The second-order valence-corrected chi connectivity index (χ2v) is 8.67. The van der Waals surface area contributed by atoms with Crippen LogP contribution in [-0.4, -0.2) is 49.2 Å². The first-order valence-corrected chi connectivity index (χ1v) is 10.2. The lowest BCUT2D eigenvalue weighted by Gasteiger charge is -2.57. The van der Waals surface area contributed by atoms with E-state index < -0.39 is 51.8 Å². The molecule has 1 aromatic heterocycles. The number of nitrogens with zero attached hydrogens (tertiary/aromatic N) is 2. The lowest BCUT2D eigenvalue weighted by Crippen LogP contribution is -2.68. The number of fused-ring (bicyclic) bond motifs is 1. The van der Waals surface area contributed by atoms with Crippen LogP contribution in [0.4, 0.5) is 8.78 Å². The van der Waals surface area contributed by atoms with Crippen molar-refractivity contribution in [1.29, 1.82) is 0 Å². The fourth-order valence-corrected chi connectivity index (χ4v) is 4.74. The van der Waals surface area contributed by atoms with Crippen LogP contribution in [0.3, 0.4) is 0 Å². The SMILES string of the molecule is CC(C)N1C(=O)c2c(O)c(=O)c(C(=O)NCc3ccc(F)cc3F)cn2C[C@]12C[C@@H](O)C2. The van der Waals surface area contributed by atoms with Gasteiger partial charge in [-0.15, -0.1) is 0 Å². The van der Waals surface area contributed by atoms with Crippen molar-refractivity contribution in [1.82, 2.24) is 14.8 Å². The highest BCUT2D eigenvalue weighted by atomic mass is 19.1. The Morgan fingerprint density at radius 1 is 1.28 bits per heavy atom. The van der Waals surface area contributed by atoms with E-state index in [1.807, 2.05) is 13.8 Å². The van der Waals surface area contributed by atoms with Crippen LogP contribution in [0, 0.1) is 11.6 Å². The summed E-state index contributed by atoms with van der Waals surface area (Å²) in [5.41, 5.74) is -2.29. The minimum absolute atomic E-state index is 0.0206. The third kappa shape index (κ3) is 3.44. The summed E-state index contributed by atoms with van der Waals surface area (Å²) < 4.78 is 28.2. The van der Waals surface area contributed by atoms with Crippen molar-refractivity contribution in [3.63, 3.8) is 0 Å². The van der Waals surface area contributed by atoms with Gasteiger partial charge in [-0.25, -0.2) is 8.78 Å². The summed E-state index contributed by atoms with van der Waals surface area (Å²) in [6.07, 6.45) is 1.32. The monoisotopic (exact) mass is 447 g/mol. The summed E-state index contributed by atoms with van der Waals surface area (Å²) in [5.74, 6) is -3.86. The number of benzene rings is 1. The number of aliphatic hydroxyl groups is 1. The highest BCUT2D eigenvalue weighted by Gasteiger charge is 2.54. The Balaban J connectivity index is 1.67. The van der Waals surface area contributed by atoms with Crippen LogP contribution >= 0.6 is 0 Å². The molecular weight excluding hydrogens is 424 g/mol. The predicted octanol–water partition coefficient (Wildman–Crippen LogP) is 1.52. The Morgan fingerprint density at radius 3 is 2.56 bits per heavy atom. The Bertz CT molecular complexity index is 1170. The Morgan fingerprint density at radius 2 is 1.97 bits per heavy atom. The van der Waals surface area contributed by atoms with E-state index in [4.69, 9.17) is 0 Å². The molecule has 170 valence electrons. The number of hydrogen-bond donors (Lipinski definition) is 3. The molecule has 2 heterocycles. The molecule has 0 bridgehead atoms. The number of pyridine rings is 1. The van der Waals surface area contributed by atoms with Crippen LogP contribution < -0.4 is 10.7 Å². The van der Waals surface area contributed by atoms with Crippen LogP contribution in [-0.2, 0) is 13.1 Å². The largest absolute Gasteiger partial charge is 0.503 e. The van der Waals surface area contributed by atoms with Gasteiger partial charge in [-0.3, -0.25) is 14.4 Å². The number of aromatic nitrogens is 1. The van der Waals surface area contributed by atoms with Crippen molar-refractivity contribution in [2.75, 3.05) is 0 Å². The van der Waals surface area contributed by atoms with E-state index in [-0.39, 0.29) is 30.4 Å². The maximum atomic E-state index is 13.8. The average Bonchev–Trinajstić information content (AvgIpc) is 2.68. The lowest BCUT2D eigenvalue weighted by atomic mass is 9.71. The minimum Gasteiger partial charge on any atom is -0.503 e. The van der Waals surface area contributed by atoms with Gasteiger partial charge in [0, 0.05) is 37.0 Å². The van der Waals surface area contributed by atoms with Gasteiger partial charge >= 0.3 is 0 Å². The second-order valence-electron chi connectivity index (χ2n) is 8.67. The number of halogens is 2. The Kier molecular flexibility index (Phi) is 5.28. The predicted molar refractivity (Wildman–Crippen MR) is 109 cm³/mol. The molecule has 0 saturated heterocycles. The van der Waals surface area contributed by atoms with E-state index in [9.17, 15) is 33.4 Å². The quantitative estimate of drug-likeness (QED) is 0.658. The van der Waals surface area contributed by atoms with Gasteiger partial charge in [0.1, 0.15) is 17.2 Å². The molecule has 0 radical (unpaired) electrons. The lowest BCUT2D eigenvalue weighted by molar-refractivity contribution is -0.0860. The summed E-state index contributed by atoms with van der Waals surface area (Å²) >= 11 is 0. The maximum absolute atomic E-state index is 13.8. The van der Waals surface area contributed by atoms with Crippen molar-refractivity contribution in [3.8, 4) is 5.75 Å². The molecular formula is C22H23F2N3O5. The summed E-state index contributed by atoms with van der Waals surface area (Å²) in [6.45, 7) is 3.52. The minimum atomic E-state index is -1.02. The van der Waals surface area contributed by atoms with Gasteiger partial charge in [-0.1, -0.05) is 6.07 Å². The van der Waals surface area contributed by atoms with Crippen LogP contribution in [0.1, 0.15) is 53.1 Å². The van der Waals surface area contributed by atoms with E-state index in [1.54, 1.807) is 4.90 Å². The van der Waals surface area contributed by atoms with E-state index in [1.165, 1.54) is 16.8 Å². The first-order chi connectivity index (χ1) is 15.0. The Hall–Kier alpha value is -3.27. The summed E-state index contributed by atoms with van der Waals surface area (Å²) in [6, 6.07) is 2.67. The van der Waals surface area contributed by atoms with E-state index in [2.05, 4.69) is 5.32 Å². The molecule has 32 heavy (non-hydrogen) atoms. The van der Waals surface area contributed by atoms with Crippen LogP contribution in [0.2, 0.25) is 0 Å². The van der Waals surface area contributed by atoms with Crippen LogP contribution in [0.25, 0.3) is 0 Å². The van der Waals surface area contributed by atoms with Crippen molar-refractivity contribution < 1.29 is 28.6 Å². The smallest absolute Gasteiger partial charge is 0.275 e. The van der Waals surface area contributed by atoms with Gasteiger partial charge in [0.25, 0.3) is 11.8 Å². The molecule has 1 aromatic carbocycles. The number of rotatable bonds is 4. The topological polar surface area (TPSA) is 112 Å². The average molecular weight is 447 g/mol.